The van der Waals surface area contributed by atoms with Crippen LogP contribution in [0, 0.1) is 0 Å². The lowest BCUT2D eigenvalue weighted by Crippen LogP contribution is -2.26. The fourth-order valence-corrected chi connectivity index (χ4v) is 1.87. The van der Waals surface area contributed by atoms with Crippen molar-refractivity contribution in [2.45, 2.75) is 20.0 Å². The van der Waals surface area contributed by atoms with E-state index in [9.17, 15) is 4.79 Å². The zero-order chi connectivity index (χ0) is 13.9. The Morgan fingerprint density at radius 2 is 2.11 bits per heavy atom. The molecule has 0 aliphatic carbocycles. The molecule has 1 aromatic rings. The number of hydrogen-bond acceptors (Lipinski definition) is 3. The molecule has 8 heteroatoms. The number of aliphatic hydroxyl groups is 1. The molecule has 0 aromatic carbocycles. The van der Waals surface area contributed by atoms with E-state index in [4.69, 9.17) is 28.2 Å². The average Bonchev–Trinajstić information content (AvgIpc) is 2.53. The molecule has 0 bridgehead atoms. The minimum atomic E-state index is -0.344. The van der Waals surface area contributed by atoms with Crippen LogP contribution >= 0.6 is 11.6 Å². The van der Waals surface area contributed by atoms with Gasteiger partial charge in [0.2, 0.25) is 0 Å². The van der Waals surface area contributed by atoms with Crippen LogP contribution in [-0.2, 0) is 13.1 Å². The smallest absolute Gasteiger partial charge is 0.330 e. The molecule has 18 heavy (non-hydrogen) atoms. The van der Waals surface area contributed by atoms with E-state index in [1.807, 2.05) is 0 Å². The quantitative estimate of drug-likeness (QED) is 0.508. The van der Waals surface area contributed by atoms with Crippen molar-refractivity contribution in [1.82, 2.24) is 9.13 Å². The summed E-state index contributed by atoms with van der Waals surface area (Å²) in [6.45, 7) is 5.64. The van der Waals surface area contributed by atoms with Gasteiger partial charge in [0.25, 0.3) is 0 Å². The van der Waals surface area contributed by atoms with Gasteiger partial charge < -0.3 is 16.6 Å². The minimum Gasteiger partial charge on any atom is -0.395 e. The van der Waals surface area contributed by atoms with Gasteiger partial charge in [-0.2, -0.15) is 4.99 Å². The number of nitrogens with two attached hydrogens (primary N) is 2. The van der Waals surface area contributed by atoms with Crippen LogP contribution in [0.4, 0.5) is 5.82 Å². The largest absolute Gasteiger partial charge is 0.395 e. The first-order valence-corrected chi connectivity index (χ1v) is 5.70. The maximum absolute atomic E-state index is 12.1. The lowest BCUT2D eigenvalue weighted by molar-refractivity contribution is 0.274. The summed E-state index contributed by atoms with van der Waals surface area (Å²) in [5.41, 5.74) is 10.7. The van der Waals surface area contributed by atoms with Crippen molar-refractivity contribution in [3.8, 4) is 0 Å². The van der Waals surface area contributed by atoms with Gasteiger partial charge in [-0.1, -0.05) is 18.2 Å². The molecule has 0 amide bonds. The Kier molecular flexibility index (Phi) is 4.57. The molecule has 0 saturated heterocycles. The van der Waals surface area contributed by atoms with Crippen molar-refractivity contribution in [2.24, 2.45) is 16.5 Å². The topological polar surface area (TPSA) is 112 Å². The molecule has 0 fully saturated rings. The maximum atomic E-state index is 12.1. The Morgan fingerprint density at radius 1 is 1.50 bits per heavy atom. The Balaban J connectivity index is 3.66. The van der Waals surface area contributed by atoms with Crippen molar-refractivity contribution < 1.29 is 5.11 Å². The van der Waals surface area contributed by atoms with E-state index in [0.717, 1.165) is 0 Å². The average molecular weight is 274 g/mol. The van der Waals surface area contributed by atoms with E-state index in [1.54, 1.807) is 6.92 Å². The number of rotatable bonds is 5. The summed E-state index contributed by atoms with van der Waals surface area (Å²) in [5, 5.41) is 9.14. The molecule has 1 aromatic heterocycles. The Hall–Kier alpha value is -1.73. The van der Waals surface area contributed by atoms with E-state index in [1.165, 1.54) is 9.13 Å². The van der Waals surface area contributed by atoms with E-state index >= 15 is 0 Å². The third-order valence-electron chi connectivity index (χ3n) is 2.33. The van der Waals surface area contributed by atoms with Gasteiger partial charge in [0.05, 0.1) is 18.2 Å². The minimum absolute atomic E-state index is 0.0785. The molecule has 0 spiro atoms. The Labute approximate surface area is 109 Å². The molecule has 0 radical (unpaired) electrons. The molecule has 0 saturated carbocycles. The molecular weight excluding hydrogens is 258 g/mol. The summed E-state index contributed by atoms with van der Waals surface area (Å²) in [7, 11) is 0. The fourth-order valence-electron chi connectivity index (χ4n) is 1.68. The molecule has 100 valence electrons. The van der Waals surface area contributed by atoms with E-state index in [2.05, 4.69) is 11.6 Å². The first-order chi connectivity index (χ1) is 8.43. The van der Waals surface area contributed by atoms with Crippen LogP contribution in [0.3, 0.4) is 0 Å². The normalized spacial score (nSPS) is 10.4. The number of imidazole rings is 1. The molecule has 0 atom stereocenters. The number of aliphatic imine (C=N–C) groups is 1. The summed E-state index contributed by atoms with van der Waals surface area (Å²) in [6.07, 6.45) is 0. The summed E-state index contributed by atoms with van der Waals surface area (Å²) >= 11 is 5.88. The van der Waals surface area contributed by atoms with Crippen molar-refractivity contribution >= 4 is 28.4 Å². The fraction of sp³-hybridized carbons (Fsp3) is 0.400. The Morgan fingerprint density at radius 3 is 2.50 bits per heavy atom. The van der Waals surface area contributed by atoms with Gasteiger partial charge in [-0.3, -0.25) is 9.13 Å². The van der Waals surface area contributed by atoms with Gasteiger partial charge in [0.1, 0.15) is 5.69 Å². The van der Waals surface area contributed by atoms with Crippen LogP contribution in [0.25, 0.3) is 5.03 Å². The molecule has 1 heterocycles. The van der Waals surface area contributed by atoms with Crippen LogP contribution in [0.1, 0.15) is 12.6 Å². The highest BCUT2D eigenvalue weighted by Gasteiger charge is 2.20. The van der Waals surface area contributed by atoms with Gasteiger partial charge >= 0.3 is 5.69 Å². The molecular formula is C10H16ClN5O2. The number of hydrogen-bond donors (Lipinski definition) is 3. The van der Waals surface area contributed by atoms with Crippen molar-refractivity contribution in [3.63, 3.8) is 0 Å². The lowest BCUT2D eigenvalue weighted by atomic mass is 10.4. The highest BCUT2D eigenvalue weighted by atomic mass is 35.5. The number of aromatic nitrogens is 2. The third kappa shape index (κ3) is 2.57. The van der Waals surface area contributed by atoms with Crippen LogP contribution in [0.5, 0.6) is 0 Å². The van der Waals surface area contributed by atoms with E-state index < -0.39 is 0 Å². The summed E-state index contributed by atoms with van der Waals surface area (Å²) in [4.78, 5) is 16.0. The van der Waals surface area contributed by atoms with Gasteiger partial charge in [-0.15, -0.1) is 0 Å². The van der Waals surface area contributed by atoms with Crippen LogP contribution in [-0.4, -0.2) is 26.8 Å². The summed E-state index contributed by atoms with van der Waals surface area (Å²) in [5.74, 6) is 0.00464. The highest BCUT2D eigenvalue weighted by molar-refractivity contribution is 6.48. The second-order valence-electron chi connectivity index (χ2n) is 3.52. The predicted molar refractivity (Wildman–Crippen MR) is 71.8 cm³/mol. The number of halogens is 1. The van der Waals surface area contributed by atoms with Gasteiger partial charge in [0, 0.05) is 6.54 Å². The highest BCUT2D eigenvalue weighted by Crippen LogP contribution is 2.27. The molecule has 0 unspecified atom stereocenters. The SMILES string of the molecule is C=C(Cl)c1c(N=C(N)N)n(CCO)c(=O)n1CC. The first-order valence-electron chi connectivity index (χ1n) is 5.32. The molecule has 0 aliphatic rings. The summed E-state index contributed by atoms with van der Waals surface area (Å²) in [6, 6.07) is 0. The van der Waals surface area contributed by atoms with Crippen LogP contribution in [0.15, 0.2) is 16.4 Å². The second kappa shape index (κ2) is 5.74. The van der Waals surface area contributed by atoms with Gasteiger partial charge in [-0.25, -0.2) is 4.79 Å². The second-order valence-corrected chi connectivity index (χ2v) is 3.97. The zero-order valence-corrected chi connectivity index (χ0v) is 10.8. The monoisotopic (exact) mass is 273 g/mol. The molecule has 0 aliphatic heterocycles. The van der Waals surface area contributed by atoms with Gasteiger partial charge in [0.15, 0.2) is 11.8 Å². The first kappa shape index (κ1) is 14.3. The molecule has 1 rings (SSSR count). The van der Waals surface area contributed by atoms with Crippen molar-refractivity contribution in [1.29, 1.82) is 0 Å². The summed E-state index contributed by atoms with van der Waals surface area (Å²) < 4.78 is 2.65. The standard InChI is InChI=1S/C10H16ClN5O2/c1-3-15-7(6(2)11)8(14-9(12)13)16(4-5-17)10(15)18/h17H,2-5H2,1H3,(H4,12,13,14). The van der Waals surface area contributed by atoms with Crippen molar-refractivity contribution in [3.05, 3.63) is 22.8 Å². The van der Waals surface area contributed by atoms with E-state index in [0.29, 0.717) is 12.2 Å². The van der Waals surface area contributed by atoms with Gasteiger partial charge in [-0.05, 0) is 6.92 Å². The van der Waals surface area contributed by atoms with Crippen LogP contribution in [0.2, 0.25) is 0 Å². The number of guanidine groups is 1. The molecule has 7 nitrogen and oxygen atoms in total. The zero-order valence-electron chi connectivity index (χ0n) is 10.1. The Bertz CT molecular complexity index is 539. The lowest BCUT2D eigenvalue weighted by Gasteiger charge is -2.04. The number of nitrogens with zero attached hydrogens (tertiary/aromatic N) is 3. The van der Waals surface area contributed by atoms with Crippen LogP contribution < -0.4 is 17.2 Å². The van der Waals surface area contributed by atoms with Crippen molar-refractivity contribution in [2.75, 3.05) is 6.61 Å². The number of aliphatic hydroxyl groups excluding tert-OH is 1. The predicted octanol–water partition coefficient (Wildman–Crippen LogP) is -0.224. The maximum Gasteiger partial charge on any atom is 0.330 e. The molecule has 5 N–H and O–H groups in total. The third-order valence-corrected chi connectivity index (χ3v) is 2.51. The van der Waals surface area contributed by atoms with E-state index in [-0.39, 0.29) is 35.7 Å².